The van der Waals surface area contributed by atoms with Gasteiger partial charge in [0, 0.05) is 24.9 Å². The Kier molecular flexibility index (Phi) is 8.97. The molecule has 4 heteroatoms. The van der Waals surface area contributed by atoms with Crippen molar-refractivity contribution in [1.82, 2.24) is 4.90 Å². The van der Waals surface area contributed by atoms with Crippen LogP contribution in [0.3, 0.4) is 0 Å². The number of hydrogen-bond donors (Lipinski definition) is 2. The summed E-state index contributed by atoms with van der Waals surface area (Å²) in [4.78, 5) is 1.99. The predicted octanol–water partition coefficient (Wildman–Crippen LogP) is 0.729. The van der Waals surface area contributed by atoms with E-state index in [9.17, 15) is 0 Å². The van der Waals surface area contributed by atoms with E-state index in [2.05, 4.69) is 13.8 Å². The first kappa shape index (κ1) is 13.2. The Labute approximate surface area is 85.7 Å². The molecule has 0 bridgehead atoms. The third kappa shape index (κ3) is 7.31. The largest absolute Gasteiger partial charge is 0.381 e. The first-order chi connectivity index (χ1) is 6.24. The normalized spacial score (nSPS) is 13.6. The van der Waals surface area contributed by atoms with Gasteiger partial charge >= 0.3 is 0 Å². The maximum Gasteiger partial charge on any atom is 0.0957 e. The fourth-order valence-electron chi connectivity index (χ4n) is 1.19. The van der Waals surface area contributed by atoms with Gasteiger partial charge in [0.25, 0.3) is 0 Å². The highest BCUT2D eigenvalue weighted by Crippen LogP contribution is 2.02. The van der Waals surface area contributed by atoms with Crippen LogP contribution in [0.2, 0.25) is 0 Å². The molecule has 0 unspecified atom stereocenters. The van der Waals surface area contributed by atoms with E-state index in [1.165, 1.54) is 0 Å². The van der Waals surface area contributed by atoms with Gasteiger partial charge in [0.1, 0.15) is 0 Å². The molecular weight excluding hydrogens is 184 g/mol. The van der Waals surface area contributed by atoms with E-state index in [0.29, 0.717) is 0 Å². The van der Waals surface area contributed by atoms with Gasteiger partial charge in [-0.2, -0.15) is 11.8 Å². The number of nitrogens with zero attached hydrogens (tertiary/aromatic N) is 1. The second kappa shape index (κ2) is 8.81. The minimum Gasteiger partial charge on any atom is -0.381 e. The summed E-state index contributed by atoms with van der Waals surface area (Å²) in [6.07, 6.45) is 1.06. The van der Waals surface area contributed by atoms with Crippen LogP contribution in [0, 0.1) is 0 Å². The van der Waals surface area contributed by atoms with Crippen molar-refractivity contribution in [3.8, 4) is 0 Å². The number of aliphatic hydroxyl groups excluding tert-OH is 1. The monoisotopic (exact) mass is 206 g/mol. The Morgan fingerprint density at radius 2 is 2.15 bits per heavy atom. The molecule has 0 aromatic rings. The average molecular weight is 206 g/mol. The zero-order valence-corrected chi connectivity index (χ0v) is 9.52. The number of aliphatic hydroxyl groups is 1. The Bertz CT molecular complexity index is 114. The van der Waals surface area contributed by atoms with Crippen LogP contribution in [0.1, 0.15) is 20.3 Å². The van der Waals surface area contributed by atoms with Crippen LogP contribution in [0.4, 0.5) is 0 Å². The van der Waals surface area contributed by atoms with Gasteiger partial charge < -0.3 is 10.8 Å². The van der Waals surface area contributed by atoms with Gasteiger partial charge in [0.05, 0.1) is 6.73 Å². The third-order valence-electron chi connectivity index (χ3n) is 1.77. The minimum atomic E-state index is 0.123. The van der Waals surface area contributed by atoms with Crippen LogP contribution in [-0.4, -0.2) is 47.4 Å². The summed E-state index contributed by atoms with van der Waals surface area (Å²) in [5.41, 5.74) is 5.89. The van der Waals surface area contributed by atoms with Crippen LogP contribution < -0.4 is 5.73 Å². The summed E-state index contributed by atoms with van der Waals surface area (Å²) >= 11 is 1.85. The molecule has 80 valence electrons. The highest BCUT2D eigenvalue weighted by Gasteiger charge is 2.08. The number of nitrogens with two attached hydrogens (primary N) is 1. The van der Waals surface area contributed by atoms with Crippen molar-refractivity contribution in [3.05, 3.63) is 0 Å². The summed E-state index contributed by atoms with van der Waals surface area (Å²) in [5.74, 6) is 2.09. The fraction of sp³-hybridized carbons (Fsp3) is 1.00. The fourth-order valence-corrected chi connectivity index (χ4v) is 1.83. The van der Waals surface area contributed by atoms with E-state index in [4.69, 9.17) is 10.8 Å². The van der Waals surface area contributed by atoms with Crippen molar-refractivity contribution >= 4 is 11.8 Å². The van der Waals surface area contributed by atoms with Gasteiger partial charge in [0.15, 0.2) is 0 Å². The highest BCUT2D eigenvalue weighted by molar-refractivity contribution is 7.99. The average Bonchev–Trinajstić information content (AvgIpc) is 2.14. The summed E-state index contributed by atoms with van der Waals surface area (Å²) in [6, 6.07) is 0.184. The topological polar surface area (TPSA) is 49.5 Å². The molecule has 0 aliphatic heterocycles. The highest BCUT2D eigenvalue weighted by atomic mass is 32.2. The number of hydrogen-bond acceptors (Lipinski definition) is 4. The zero-order valence-electron chi connectivity index (χ0n) is 8.70. The lowest BCUT2D eigenvalue weighted by Gasteiger charge is -2.22. The molecule has 0 heterocycles. The van der Waals surface area contributed by atoms with Gasteiger partial charge in [-0.15, -0.1) is 0 Å². The van der Waals surface area contributed by atoms with E-state index in [1.54, 1.807) is 0 Å². The molecule has 0 rings (SSSR count). The van der Waals surface area contributed by atoms with E-state index < -0.39 is 0 Å². The van der Waals surface area contributed by atoms with Crippen molar-refractivity contribution in [2.75, 3.05) is 31.3 Å². The van der Waals surface area contributed by atoms with Gasteiger partial charge in [-0.3, -0.25) is 4.90 Å². The van der Waals surface area contributed by atoms with Gasteiger partial charge in [-0.05, 0) is 12.2 Å². The molecule has 0 aliphatic rings. The molecule has 0 aromatic heterocycles. The molecule has 0 aromatic carbocycles. The zero-order chi connectivity index (χ0) is 10.1. The third-order valence-corrected chi connectivity index (χ3v) is 2.84. The molecule has 0 radical (unpaired) electrons. The van der Waals surface area contributed by atoms with E-state index >= 15 is 0 Å². The lowest BCUT2D eigenvalue weighted by Crippen LogP contribution is -2.40. The molecule has 1 atom stereocenters. The smallest absolute Gasteiger partial charge is 0.0957 e. The molecule has 0 fully saturated rings. The quantitative estimate of drug-likeness (QED) is 0.575. The molecular formula is C9H22N2OS. The second-order valence-corrected chi connectivity index (χ2v) is 4.46. The van der Waals surface area contributed by atoms with E-state index in [0.717, 1.165) is 31.0 Å². The Hall–Kier alpha value is 0.230. The summed E-state index contributed by atoms with van der Waals surface area (Å²) in [6.45, 7) is 6.10. The first-order valence-electron chi connectivity index (χ1n) is 4.91. The Balaban J connectivity index is 3.53. The standard InChI is InChI=1S/C9H22N2OS/c1-3-5-11(8-12)6-9(10)7-13-4-2/h9,12H,3-8,10H2,1-2H3/t9-/m1/s1. The van der Waals surface area contributed by atoms with Crippen molar-refractivity contribution in [2.45, 2.75) is 26.3 Å². The van der Waals surface area contributed by atoms with Crippen LogP contribution in [0.25, 0.3) is 0 Å². The van der Waals surface area contributed by atoms with E-state index in [1.807, 2.05) is 16.7 Å². The molecule has 0 amide bonds. The first-order valence-corrected chi connectivity index (χ1v) is 6.06. The molecule has 13 heavy (non-hydrogen) atoms. The Morgan fingerprint density at radius 3 is 2.62 bits per heavy atom. The van der Waals surface area contributed by atoms with Crippen LogP contribution >= 0.6 is 11.8 Å². The van der Waals surface area contributed by atoms with Crippen molar-refractivity contribution in [2.24, 2.45) is 5.73 Å². The van der Waals surface area contributed by atoms with Crippen molar-refractivity contribution in [3.63, 3.8) is 0 Å². The second-order valence-electron chi connectivity index (χ2n) is 3.14. The molecule has 3 nitrogen and oxygen atoms in total. The van der Waals surface area contributed by atoms with Crippen molar-refractivity contribution < 1.29 is 5.11 Å². The van der Waals surface area contributed by atoms with Crippen LogP contribution in [0.5, 0.6) is 0 Å². The van der Waals surface area contributed by atoms with E-state index in [-0.39, 0.29) is 12.8 Å². The molecule has 0 aliphatic carbocycles. The SMILES string of the molecule is CCCN(CO)C[C@@H](N)CSCC. The summed E-state index contributed by atoms with van der Waals surface area (Å²) in [7, 11) is 0. The van der Waals surface area contributed by atoms with Gasteiger partial charge in [-0.25, -0.2) is 0 Å². The predicted molar refractivity (Wildman–Crippen MR) is 59.9 cm³/mol. The van der Waals surface area contributed by atoms with Crippen LogP contribution in [-0.2, 0) is 0 Å². The van der Waals surface area contributed by atoms with Crippen LogP contribution in [0.15, 0.2) is 0 Å². The van der Waals surface area contributed by atoms with Crippen molar-refractivity contribution in [1.29, 1.82) is 0 Å². The lowest BCUT2D eigenvalue weighted by molar-refractivity contribution is 0.103. The molecule has 3 N–H and O–H groups in total. The minimum absolute atomic E-state index is 0.123. The van der Waals surface area contributed by atoms with Gasteiger partial charge in [-0.1, -0.05) is 13.8 Å². The lowest BCUT2D eigenvalue weighted by atomic mass is 10.3. The number of rotatable bonds is 8. The maximum absolute atomic E-state index is 9.00. The van der Waals surface area contributed by atoms with Gasteiger partial charge in [0.2, 0.25) is 0 Å². The molecule has 0 spiro atoms. The summed E-state index contributed by atoms with van der Waals surface area (Å²) < 4.78 is 0. The maximum atomic E-state index is 9.00. The molecule has 0 saturated carbocycles. The summed E-state index contributed by atoms with van der Waals surface area (Å²) in [5, 5.41) is 9.00. The molecule has 0 saturated heterocycles. The Morgan fingerprint density at radius 1 is 1.46 bits per heavy atom. The number of thioether (sulfide) groups is 1.